The molecule has 1 N–H and O–H groups in total. The van der Waals surface area contributed by atoms with Crippen LogP contribution in [0.3, 0.4) is 0 Å². The minimum Gasteiger partial charge on any atom is -0.317 e. The summed E-state index contributed by atoms with van der Waals surface area (Å²) in [6.07, 6.45) is 3.48. The molecule has 2 unspecified atom stereocenters. The van der Waals surface area contributed by atoms with Crippen LogP contribution in [0.1, 0.15) is 52.2 Å². The van der Waals surface area contributed by atoms with Crippen molar-refractivity contribution in [3.05, 3.63) is 35.4 Å². The molecule has 19 heavy (non-hydrogen) atoms. The molecule has 0 aliphatic rings. The number of likely N-dealkylation sites (N-methyl/N-ethyl adjacent to an activating group) is 1. The molecular weight excluding hydrogens is 230 g/mol. The smallest absolute Gasteiger partial charge is 0.0107 e. The molecule has 1 aromatic rings. The van der Waals surface area contributed by atoms with Crippen molar-refractivity contribution in [3.63, 3.8) is 0 Å². The molecular formula is C18H31N. The van der Waals surface area contributed by atoms with Crippen molar-refractivity contribution in [1.29, 1.82) is 0 Å². The maximum atomic E-state index is 3.48. The van der Waals surface area contributed by atoms with Crippen LogP contribution in [-0.2, 0) is 12.8 Å². The van der Waals surface area contributed by atoms with E-state index in [1.807, 2.05) is 0 Å². The topological polar surface area (TPSA) is 12.0 Å². The summed E-state index contributed by atoms with van der Waals surface area (Å²) in [5.74, 6) is 0.722. The maximum absolute atomic E-state index is 3.48. The predicted molar refractivity (Wildman–Crippen MR) is 85.6 cm³/mol. The Morgan fingerprint density at radius 2 is 1.58 bits per heavy atom. The van der Waals surface area contributed by atoms with Gasteiger partial charge in [0.2, 0.25) is 0 Å². The number of hydrogen-bond donors (Lipinski definition) is 1. The fourth-order valence-electron chi connectivity index (χ4n) is 2.28. The van der Waals surface area contributed by atoms with Crippen molar-refractivity contribution in [2.75, 3.05) is 7.05 Å². The summed E-state index contributed by atoms with van der Waals surface area (Å²) in [5, 5.41) is 3.48. The first kappa shape index (κ1) is 16.2. The van der Waals surface area contributed by atoms with Gasteiger partial charge in [-0.3, -0.25) is 0 Å². The summed E-state index contributed by atoms with van der Waals surface area (Å²) < 4.78 is 0. The Bertz CT molecular complexity index is 358. The maximum Gasteiger partial charge on any atom is 0.0107 e. The lowest BCUT2D eigenvalue weighted by atomic mass is 9.78. The first-order valence-corrected chi connectivity index (χ1v) is 7.62. The van der Waals surface area contributed by atoms with Crippen molar-refractivity contribution in [2.45, 2.75) is 59.9 Å². The van der Waals surface area contributed by atoms with Crippen LogP contribution < -0.4 is 5.32 Å². The molecule has 0 aliphatic heterocycles. The van der Waals surface area contributed by atoms with Gasteiger partial charge in [0, 0.05) is 6.04 Å². The molecule has 1 heteroatoms. The number of aryl methyl sites for hydroxylation is 1. The number of hydrogen-bond acceptors (Lipinski definition) is 1. The highest BCUT2D eigenvalue weighted by Gasteiger charge is 2.23. The van der Waals surface area contributed by atoms with E-state index in [1.165, 1.54) is 17.5 Å². The Morgan fingerprint density at radius 3 is 2.00 bits per heavy atom. The molecule has 0 saturated carbocycles. The van der Waals surface area contributed by atoms with E-state index >= 15 is 0 Å². The molecule has 0 heterocycles. The van der Waals surface area contributed by atoms with Gasteiger partial charge in [-0.05, 0) is 48.8 Å². The molecule has 0 bridgehead atoms. The van der Waals surface area contributed by atoms with Crippen LogP contribution in [0.15, 0.2) is 24.3 Å². The van der Waals surface area contributed by atoms with Crippen molar-refractivity contribution in [3.8, 4) is 0 Å². The van der Waals surface area contributed by atoms with E-state index in [1.54, 1.807) is 0 Å². The third kappa shape index (κ3) is 5.36. The lowest BCUT2D eigenvalue weighted by Crippen LogP contribution is -2.33. The second-order valence-corrected chi connectivity index (χ2v) is 6.86. The van der Waals surface area contributed by atoms with Gasteiger partial charge in [0.25, 0.3) is 0 Å². The van der Waals surface area contributed by atoms with Crippen molar-refractivity contribution in [1.82, 2.24) is 5.32 Å². The van der Waals surface area contributed by atoms with Gasteiger partial charge in [0.1, 0.15) is 0 Å². The van der Waals surface area contributed by atoms with Crippen LogP contribution in [-0.4, -0.2) is 13.1 Å². The van der Waals surface area contributed by atoms with Crippen LogP contribution in [0.4, 0.5) is 0 Å². The summed E-state index contributed by atoms with van der Waals surface area (Å²) in [7, 11) is 2.08. The highest BCUT2D eigenvalue weighted by molar-refractivity contribution is 5.23. The van der Waals surface area contributed by atoms with Gasteiger partial charge in [0.05, 0.1) is 0 Å². The van der Waals surface area contributed by atoms with E-state index in [4.69, 9.17) is 0 Å². The van der Waals surface area contributed by atoms with E-state index in [0.717, 1.165) is 18.8 Å². The largest absolute Gasteiger partial charge is 0.317 e. The van der Waals surface area contributed by atoms with E-state index < -0.39 is 0 Å². The van der Waals surface area contributed by atoms with Crippen LogP contribution in [0, 0.1) is 11.3 Å². The third-order valence-corrected chi connectivity index (χ3v) is 4.44. The average molecular weight is 261 g/mol. The molecule has 0 aliphatic carbocycles. The van der Waals surface area contributed by atoms with Gasteiger partial charge >= 0.3 is 0 Å². The summed E-state index contributed by atoms with van der Waals surface area (Å²) in [4.78, 5) is 0. The van der Waals surface area contributed by atoms with Crippen molar-refractivity contribution < 1.29 is 0 Å². The zero-order valence-corrected chi connectivity index (χ0v) is 13.6. The van der Waals surface area contributed by atoms with Crippen LogP contribution in [0.25, 0.3) is 0 Å². The van der Waals surface area contributed by atoms with Crippen LogP contribution >= 0.6 is 0 Å². The fourth-order valence-corrected chi connectivity index (χ4v) is 2.28. The standard InChI is InChI=1S/C18H31N/c1-7-15-8-10-16(11-9-15)13-17(19-6)12-14(2)18(3,4)5/h8-11,14,17,19H,7,12-13H2,1-6H3. The SMILES string of the molecule is CCc1ccc(CC(CC(C)C(C)(C)C)NC)cc1. The van der Waals surface area contributed by atoms with Crippen LogP contribution in [0.5, 0.6) is 0 Å². The Morgan fingerprint density at radius 1 is 1.05 bits per heavy atom. The van der Waals surface area contributed by atoms with E-state index in [2.05, 4.69) is 71.2 Å². The lowest BCUT2D eigenvalue weighted by Gasteiger charge is -2.30. The van der Waals surface area contributed by atoms with E-state index in [0.29, 0.717) is 11.5 Å². The Kier molecular flexibility index (Phi) is 6.06. The van der Waals surface area contributed by atoms with Gasteiger partial charge in [-0.15, -0.1) is 0 Å². The molecule has 1 rings (SSSR count). The average Bonchev–Trinajstić information content (AvgIpc) is 2.37. The second-order valence-electron chi connectivity index (χ2n) is 6.86. The molecule has 1 nitrogen and oxygen atoms in total. The van der Waals surface area contributed by atoms with Gasteiger partial charge in [-0.2, -0.15) is 0 Å². The Labute approximate surface area is 119 Å². The number of benzene rings is 1. The van der Waals surface area contributed by atoms with E-state index in [-0.39, 0.29) is 0 Å². The van der Waals surface area contributed by atoms with Gasteiger partial charge in [-0.1, -0.05) is 58.9 Å². The Hall–Kier alpha value is -0.820. The van der Waals surface area contributed by atoms with E-state index in [9.17, 15) is 0 Å². The summed E-state index contributed by atoms with van der Waals surface area (Å²) >= 11 is 0. The minimum atomic E-state index is 0.390. The van der Waals surface area contributed by atoms with Crippen molar-refractivity contribution >= 4 is 0 Å². The lowest BCUT2D eigenvalue weighted by molar-refractivity contribution is 0.225. The zero-order valence-electron chi connectivity index (χ0n) is 13.6. The highest BCUT2D eigenvalue weighted by Crippen LogP contribution is 2.29. The molecule has 0 amide bonds. The molecule has 108 valence electrons. The summed E-state index contributed by atoms with van der Waals surface area (Å²) in [6, 6.07) is 9.65. The predicted octanol–water partition coefficient (Wildman–Crippen LogP) is 4.45. The highest BCUT2D eigenvalue weighted by atomic mass is 14.9. The Balaban J connectivity index is 2.60. The molecule has 0 fully saturated rings. The third-order valence-electron chi connectivity index (χ3n) is 4.44. The van der Waals surface area contributed by atoms with Crippen LogP contribution in [0.2, 0.25) is 0 Å². The second kappa shape index (κ2) is 7.09. The molecule has 0 saturated heterocycles. The first-order chi connectivity index (χ1) is 8.86. The van der Waals surface area contributed by atoms with Gasteiger partial charge in [-0.25, -0.2) is 0 Å². The fraction of sp³-hybridized carbons (Fsp3) is 0.667. The van der Waals surface area contributed by atoms with Gasteiger partial charge < -0.3 is 5.32 Å². The van der Waals surface area contributed by atoms with Crippen molar-refractivity contribution in [2.24, 2.45) is 11.3 Å². The molecule has 0 radical (unpaired) electrons. The zero-order chi connectivity index (χ0) is 14.5. The first-order valence-electron chi connectivity index (χ1n) is 7.62. The molecule has 0 spiro atoms. The molecule has 1 aromatic carbocycles. The molecule has 0 aromatic heterocycles. The number of rotatable bonds is 6. The monoisotopic (exact) mass is 261 g/mol. The quantitative estimate of drug-likeness (QED) is 0.797. The molecule has 2 atom stereocenters. The minimum absolute atomic E-state index is 0.390. The summed E-state index contributed by atoms with van der Waals surface area (Å²) in [5.41, 5.74) is 3.26. The summed E-state index contributed by atoms with van der Waals surface area (Å²) in [6.45, 7) is 11.6. The van der Waals surface area contributed by atoms with Gasteiger partial charge in [0.15, 0.2) is 0 Å². The number of nitrogens with one attached hydrogen (secondary N) is 1. The normalized spacial score (nSPS) is 15.3.